The highest BCUT2D eigenvalue weighted by molar-refractivity contribution is 5.69. The Morgan fingerprint density at radius 2 is 0.882 bits per heavy atom. The number of ether oxygens (including phenoxy) is 2. The van der Waals surface area contributed by atoms with Crippen LogP contribution in [-0.4, -0.2) is 37.0 Å². The van der Waals surface area contributed by atoms with Crippen molar-refractivity contribution in [1.82, 2.24) is 0 Å². The molecule has 0 amide bonds. The number of hydrogen-bond acceptors (Lipinski definition) is 4. The van der Waals surface area contributed by atoms with Gasteiger partial charge < -0.3 is 14.6 Å². The Balaban J connectivity index is 3.57. The first-order chi connectivity index (χ1) is 25.2. The van der Waals surface area contributed by atoms with Crippen LogP contribution in [0, 0.1) is 0 Å². The standard InChI is InChI=1S/C47H78O4/c1-3-5-7-9-11-13-15-17-19-21-23-25-27-29-31-33-35-37-39-41-43-50-45-46(44-48)51-47(49)42-40-38-36-34-32-30-28-26-24-22-20-18-16-14-12-10-8-6-4-2/h6,8,11-14,17-20,23-26,30,32,46,48H,3-5,7,9-10,15-16,21-22,27-29,31,33-45H2,1-2H3/b8-6-,13-11-,14-12-,19-17-,20-18-,25-23-,26-24-,32-30-. The van der Waals surface area contributed by atoms with Crippen LogP contribution in [0.2, 0.25) is 0 Å². The van der Waals surface area contributed by atoms with Crippen molar-refractivity contribution in [2.45, 2.75) is 174 Å². The van der Waals surface area contributed by atoms with E-state index in [9.17, 15) is 9.90 Å². The van der Waals surface area contributed by atoms with Gasteiger partial charge in [-0.25, -0.2) is 0 Å². The van der Waals surface area contributed by atoms with Crippen LogP contribution >= 0.6 is 0 Å². The van der Waals surface area contributed by atoms with Crippen LogP contribution in [0.5, 0.6) is 0 Å². The summed E-state index contributed by atoms with van der Waals surface area (Å²) in [6, 6.07) is 0. The number of allylic oxidation sites excluding steroid dienone is 16. The van der Waals surface area contributed by atoms with Crippen molar-refractivity contribution in [2.24, 2.45) is 0 Å². The second-order valence-corrected chi connectivity index (χ2v) is 13.3. The van der Waals surface area contributed by atoms with Gasteiger partial charge in [0.15, 0.2) is 0 Å². The predicted molar refractivity (Wildman–Crippen MR) is 223 cm³/mol. The van der Waals surface area contributed by atoms with E-state index in [1.54, 1.807) is 0 Å². The van der Waals surface area contributed by atoms with Crippen molar-refractivity contribution in [3.63, 3.8) is 0 Å². The van der Waals surface area contributed by atoms with E-state index in [1.807, 2.05) is 0 Å². The summed E-state index contributed by atoms with van der Waals surface area (Å²) >= 11 is 0. The Labute approximate surface area is 315 Å². The summed E-state index contributed by atoms with van der Waals surface area (Å²) < 4.78 is 11.1. The van der Waals surface area contributed by atoms with E-state index < -0.39 is 6.10 Å². The smallest absolute Gasteiger partial charge is 0.306 e. The second-order valence-electron chi connectivity index (χ2n) is 13.3. The molecule has 1 N–H and O–H groups in total. The van der Waals surface area contributed by atoms with Gasteiger partial charge in [0.05, 0.1) is 13.2 Å². The second kappa shape index (κ2) is 43.5. The van der Waals surface area contributed by atoms with Crippen molar-refractivity contribution in [3.8, 4) is 0 Å². The zero-order chi connectivity index (χ0) is 37.0. The molecule has 1 unspecified atom stereocenters. The molecule has 51 heavy (non-hydrogen) atoms. The molecule has 0 aromatic heterocycles. The van der Waals surface area contributed by atoms with E-state index in [2.05, 4.69) is 111 Å². The van der Waals surface area contributed by atoms with Crippen LogP contribution in [0.15, 0.2) is 97.2 Å². The van der Waals surface area contributed by atoms with E-state index in [4.69, 9.17) is 9.47 Å². The highest BCUT2D eigenvalue weighted by Gasteiger charge is 2.13. The fourth-order valence-corrected chi connectivity index (χ4v) is 5.30. The number of rotatable bonds is 37. The van der Waals surface area contributed by atoms with E-state index >= 15 is 0 Å². The molecule has 0 spiro atoms. The number of aliphatic hydroxyl groups is 1. The van der Waals surface area contributed by atoms with Gasteiger partial charge in [0.1, 0.15) is 6.10 Å². The molecule has 0 heterocycles. The topological polar surface area (TPSA) is 55.8 Å². The SMILES string of the molecule is CC/C=C\C/C=C\C/C=C\C/C=C\C/C=C\CCCCCC(=O)OC(CO)COCCCCCCCCC/C=C\C/C=C\C/C=C\CCCCC. The van der Waals surface area contributed by atoms with E-state index in [0.29, 0.717) is 13.0 Å². The lowest BCUT2D eigenvalue weighted by molar-refractivity contribution is -0.154. The molecule has 0 aliphatic rings. The molecule has 4 heteroatoms. The fraction of sp³-hybridized carbons (Fsp3) is 0.638. The molecule has 0 aromatic rings. The lowest BCUT2D eigenvalue weighted by Crippen LogP contribution is -2.27. The highest BCUT2D eigenvalue weighted by Crippen LogP contribution is 2.10. The summed E-state index contributed by atoms with van der Waals surface area (Å²) in [6.45, 7) is 5.13. The van der Waals surface area contributed by atoms with Crippen LogP contribution in [-0.2, 0) is 14.3 Å². The van der Waals surface area contributed by atoms with Crippen LogP contribution in [0.3, 0.4) is 0 Å². The Morgan fingerprint density at radius 1 is 0.490 bits per heavy atom. The number of esters is 1. The van der Waals surface area contributed by atoms with Crippen LogP contribution in [0.1, 0.15) is 168 Å². The summed E-state index contributed by atoms with van der Waals surface area (Å²) in [4.78, 5) is 12.2. The van der Waals surface area contributed by atoms with Crippen LogP contribution in [0.25, 0.3) is 0 Å². The third kappa shape index (κ3) is 41.6. The molecule has 1 atom stereocenters. The molecular weight excluding hydrogens is 629 g/mol. The maximum absolute atomic E-state index is 12.2. The molecule has 0 fully saturated rings. The predicted octanol–water partition coefficient (Wildman–Crippen LogP) is 13.8. The third-order valence-corrected chi connectivity index (χ3v) is 8.39. The molecule has 0 saturated heterocycles. The summed E-state index contributed by atoms with van der Waals surface area (Å²) in [5.74, 6) is -0.240. The average molecular weight is 707 g/mol. The Kier molecular flexibility index (Phi) is 41.2. The van der Waals surface area contributed by atoms with Gasteiger partial charge in [0.2, 0.25) is 0 Å². The quantitative estimate of drug-likeness (QED) is 0.0397. The van der Waals surface area contributed by atoms with Crippen molar-refractivity contribution in [1.29, 1.82) is 0 Å². The lowest BCUT2D eigenvalue weighted by Gasteiger charge is -2.15. The zero-order valence-electron chi connectivity index (χ0n) is 33.1. The summed E-state index contributed by atoms with van der Waals surface area (Å²) in [7, 11) is 0. The zero-order valence-corrected chi connectivity index (χ0v) is 33.1. The summed E-state index contributed by atoms with van der Waals surface area (Å²) in [6.07, 6.45) is 61.7. The molecule has 0 bridgehead atoms. The maximum Gasteiger partial charge on any atom is 0.306 e. The molecular formula is C47H78O4. The molecule has 0 radical (unpaired) electrons. The molecule has 290 valence electrons. The van der Waals surface area contributed by atoms with Gasteiger partial charge in [0.25, 0.3) is 0 Å². The van der Waals surface area contributed by atoms with Gasteiger partial charge in [-0.3, -0.25) is 4.79 Å². The molecule has 0 rings (SSSR count). The van der Waals surface area contributed by atoms with Gasteiger partial charge >= 0.3 is 5.97 Å². The van der Waals surface area contributed by atoms with E-state index in [1.165, 1.54) is 64.2 Å². The first-order valence-corrected chi connectivity index (χ1v) is 20.8. The summed E-state index contributed by atoms with van der Waals surface area (Å²) in [5.41, 5.74) is 0. The number of carbonyl (C=O) groups excluding carboxylic acids is 1. The molecule has 0 saturated carbocycles. The van der Waals surface area contributed by atoms with Crippen molar-refractivity contribution < 1.29 is 19.4 Å². The molecule has 0 aromatic carbocycles. The monoisotopic (exact) mass is 707 g/mol. The largest absolute Gasteiger partial charge is 0.457 e. The highest BCUT2D eigenvalue weighted by atomic mass is 16.6. The molecule has 4 nitrogen and oxygen atoms in total. The van der Waals surface area contributed by atoms with Gasteiger partial charge in [0, 0.05) is 13.0 Å². The van der Waals surface area contributed by atoms with E-state index in [-0.39, 0.29) is 19.2 Å². The minimum atomic E-state index is -0.564. The van der Waals surface area contributed by atoms with Crippen LogP contribution in [0.4, 0.5) is 0 Å². The number of hydrogen-bond donors (Lipinski definition) is 1. The number of aliphatic hydroxyl groups excluding tert-OH is 1. The maximum atomic E-state index is 12.2. The van der Waals surface area contributed by atoms with Crippen LogP contribution < -0.4 is 0 Å². The van der Waals surface area contributed by atoms with Gasteiger partial charge in [-0.05, 0) is 96.3 Å². The first-order valence-electron chi connectivity index (χ1n) is 20.8. The first kappa shape index (κ1) is 48.3. The summed E-state index contributed by atoms with van der Waals surface area (Å²) in [5, 5.41) is 9.59. The van der Waals surface area contributed by atoms with Crippen molar-refractivity contribution in [3.05, 3.63) is 97.2 Å². The fourth-order valence-electron chi connectivity index (χ4n) is 5.30. The van der Waals surface area contributed by atoms with E-state index in [0.717, 1.165) is 83.5 Å². The minimum Gasteiger partial charge on any atom is -0.457 e. The molecule has 0 aliphatic carbocycles. The van der Waals surface area contributed by atoms with Crippen molar-refractivity contribution >= 4 is 5.97 Å². The Morgan fingerprint density at radius 3 is 1.33 bits per heavy atom. The third-order valence-electron chi connectivity index (χ3n) is 8.39. The van der Waals surface area contributed by atoms with Gasteiger partial charge in [-0.1, -0.05) is 162 Å². The minimum absolute atomic E-state index is 0.196. The average Bonchev–Trinajstić information content (AvgIpc) is 3.14. The lowest BCUT2D eigenvalue weighted by atomic mass is 10.1. The number of carbonyl (C=O) groups is 1. The normalized spacial score (nSPS) is 13.4. The van der Waals surface area contributed by atoms with Crippen molar-refractivity contribution in [2.75, 3.05) is 19.8 Å². The molecule has 0 aliphatic heterocycles. The van der Waals surface area contributed by atoms with Gasteiger partial charge in [-0.2, -0.15) is 0 Å². The Bertz CT molecular complexity index is 965. The Hall–Kier alpha value is -2.69. The van der Waals surface area contributed by atoms with Gasteiger partial charge in [-0.15, -0.1) is 0 Å². The number of unbranched alkanes of at least 4 members (excludes halogenated alkanes) is 13.